The van der Waals surface area contributed by atoms with Crippen LogP contribution in [-0.2, 0) is 14.4 Å². The first-order chi connectivity index (χ1) is 14.7. The number of Topliss-reactive ketones (excluding diaryl/α,β-unsaturated/α-hetero) is 1. The number of hydrazone groups is 1. The molecule has 31 heavy (non-hydrogen) atoms. The summed E-state index contributed by atoms with van der Waals surface area (Å²) in [5, 5.41) is 6.56. The van der Waals surface area contributed by atoms with Gasteiger partial charge in [-0.25, -0.2) is 4.90 Å². The highest BCUT2D eigenvalue weighted by Crippen LogP contribution is 2.54. The van der Waals surface area contributed by atoms with E-state index in [4.69, 9.17) is 11.6 Å². The van der Waals surface area contributed by atoms with Crippen molar-refractivity contribution < 1.29 is 14.4 Å². The van der Waals surface area contributed by atoms with Crippen molar-refractivity contribution in [1.29, 1.82) is 0 Å². The molecule has 3 aliphatic rings. The first kappa shape index (κ1) is 19.9. The second-order valence-corrected chi connectivity index (χ2v) is 9.68. The van der Waals surface area contributed by atoms with Crippen molar-refractivity contribution in [2.75, 3.05) is 4.90 Å². The molecule has 0 saturated carbocycles. The van der Waals surface area contributed by atoms with E-state index in [1.807, 2.05) is 45.0 Å². The smallest absolute Gasteiger partial charge is 0.240 e. The molecule has 0 unspecified atom stereocenters. The predicted octanol–water partition coefficient (Wildman–Crippen LogP) is 3.83. The minimum Gasteiger partial charge on any atom is -0.297 e. The Balaban J connectivity index is 1.69. The van der Waals surface area contributed by atoms with E-state index in [0.717, 1.165) is 11.1 Å². The summed E-state index contributed by atoms with van der Waals surface area (Å²) in [4.78, 5) is 42.0. The van der Waals surface area contributed by atoms with Crippen LogP contribution in [0.25, 0.3) is 0 Å². The second kappa shape index (κ2) is 6.76. The Bertz CT molecular complexity index is 1150. The Hall–Kier alpha value is -2.99. The Morgan fingerprint density at radius 3 is 2.32 bits per heavy atom. The molecule has 2 aromatic carbocycles. The van der Waals surface area contributed by atoms with Gasteiger partial charge in [0.2, 0.25) is 11.8 Å². The van der Waals surface area contributed by atoms with Crippen LogP contribution in [0, 0.1) is 17.3 Å². The minimum atomic E-state index is -0.816. The van der Waals surface area contributed by atoms with E-state index in [2.05, 4.69) is 5.10 Å². The number of ketones is 1. The zero-order chi connectivity index (χ0) is 22.1. The molecule has 0 aromatic heterocycles. The van der Waals surface area contributed by atoms with Crippen LogP contribution in [-0.4, -0.2) is 34.9 Å². The van der Waals surface area contributed by atoms with E-state index in [9.17, 15) is 14.4 Å². The SMILES string of the molecule is CC(C)(C)C(=O)[C@@H]1[C@@H]2C(=O)N(c3ccccc3Cl)C(=O)[C@H]2[C@@H]2c3ccccc3C=NN12. The Kier molecular flexibility index (Phi) is 4.35. The number of halogens is 1. The van der Waals surface area contributed by atoms with E-state index in [-0.39, 0.29) is 11.7 Å². The number of nitrogens with zero attached hydrogens (tertiary/aromatic N) is 3. The van der Waals surface area contributed by atoms with E-state index in [0.29, 0.717) is 10.7 Å². The summed E-state index contributed by atoms with van der Waals surface area (Å²) in [6.45, 7) is 5.48. The maximum atomic E-state index is 13.7. The summed E-state index contributed by atoms with van der Waals surface area (Å²) in [6, 6.07) is 13.2. The largest absolute Gasteiger partial charge is 0.297 e. The summed E-state index contributed by atoms with van der Waals surface area (Å²) >= 11 is 6.33. The molecule has 0 N–H and O–H groups in total. The lowest BCUT2D eigenvalue weighted by Crippen LogP contribution is -2.48. The van der Waals surface area contributed by atoms with Crippen LogP contribution in [0.3, 0.4) is 0 Å². The van der Waals surface area contributed by atoms with E-state index >= 15 is 0 Å². The standard InChI is InChI=1S/C24H22ClN3O3/c1-24(2,3)21(29)20-18-17(19-14-9-5-4-8-13(14)12-26-28(19)20)22(30)27(23(18)31)16-11-7-6-10-15(16)25/h4-12,17-20H,1-3H3/t17-,18-,19+,20+/m1/s1. The van der Waals surface area contributed by atoms with Crippen LogP contribution in [0.2, 0.25) is 5.02 Å². The van der Waals surface area contributed by atoms with Crippen LogP contribution < -0.4 is 4.90 Å². The summed E-state index contributed by atoms with van der Waals surface area (Å²) in [7, 11) is 0. The number of fused-ring (bicyclic) bond motifs is 5. The fourth-order valence-electron chi connectivity index (χ4n) is 4.98. The van der Waals surface area contributed by atoms with Gasteiger partial charge in [0.05, 0.1) is 34.8 Å². The molecule has 4 atom stereocenters. The normalized spacial score (nSPS) is 26.7. The number of hydrogen-bond acceptors (Lipinski definition) is 5. The Morgan fingerprint density at radius 2 is 1.61 bits per heavy atom. The van der Waals surface area contributed by atoms with Crippen LogP contribution in [0.4, 0.5) is 5.69 Å². The molecule has 2 fully saturated rings. The number of para-hydroxylation sites is 1. The number of benzene rings is 2. The number of anilines is 1. The zero-order valence-electron chi connectivity index (χ0n) is 17.4. The molecule has 0 spiro atoms. The zero-order valence-corrected chi connectivity index (χ0v) is 18.2. The molecule has 2 amide bonds. The third kappa shape index (κ3) is 2.78. The maximum Gasteiger partial charge on any atom is 0.240 e. The van der Waals surface area contributed by atoms with Gasteiger partial charge in [0, 0.05) is 5.41 Å². The van der Waals surface area contributed by atoms with Gasteiger partial charge in [-0.1, -0.05) is 68.8 Å². The van der Waals surface area contributed by atoms with Crippen molar-refractivity contribution in [3.63, 3.8) is 0 Å². The molecule has 3 heterocycles. The number of amides is 2. The average Bonchev–Trinajstić information content (AvgIpc) is 3.20. The monoisotopic (exact) mass is 435 g/mol. The van der Waals surface area contributed by atoms with Crippen LogP contribution in [0.15, 0.2) is 53.6 Å². The van der Waals surface area contributed by atoms with Crippen molar-refractivity contribution in [1.82, 2.24) is 5.01 Å². The number of hydrogen-bond donors (Lipinski definition) is 0. The van der Waals surface area contributed by atoms with Crippen molar-refractivity contribution in [2.45, 2.75) is 32.9 Å². The number of imide groups is 1. The van der Waals surface area contributed by atoms with Crippen molar-refractivity contribution in [3.8, 4) is 0 Å². The van der Waals surface area contributed by atoms with Crippen molar-refractivity contribution in [3.05, 3.63) is 64.7 Å². The van der Waals surface area contributed by atoms with Gasteiger partial charge in [-0.2, -0.15) is 5.10 Å². The molecular weight excluding hydrogens is 414 g/mol. The maximum absolute atomic E-state index is 13.7. The topological polar surface area (TPSA) is 70.0 Å². The highest BCUT2D eigenvalue weighted by Gasteiger charge is 2.66. The van der Waals surface area contributed by atoms with E-state index in [1.165, 1.54) is 4.90 Å². The number of rotatable bonds is 2. The van der Waals surface area contributed by atoms with Gasteiger partial charge in [0.15, 0.2) is 5.78 Å². The van der Waals surface area contributed by atoms with Gasteiger partial charge >= 0.3 is 0 Å². The van der Waals surface area contributed by atoms with Gasteiger partial charge < -0.3 is 0 Å². The quantitative estimate of drug-likeness (QED) is 0.672. The van der Waals surface area contributed by atoms with Crippen LogP contribution >= 0.6 is 11.6 Å². The van der Waals surface area contributed by atoms with Gasteiger partial charge in [0.25, 0.3) is 0 Å². The lowest BCUT2D eigenvalue weighted by molar-refractivity contribution is -0.136. The Morgan fingerprint density at radius 1 is 0.968 bits per heavy atom. The molecule has 158 valence electrons. The average molecular weight is 436 g/mol. The first-order valence-corrected chi connectivity index (χ1v) is 10.7. The summed E-state index contributed by atoms with van der Waals surface area (Å²) in [5.41, 5.74) is 1.45. The molecule has 2 saturated heterocycles. The summed E-state index contributed by atoms with van der Waals surface area (Å²) in [6.07, 6.45) is 1.70. The molecule has 3 aliphatic heterocycles. The van der Waals surface area contributed by atoms with E-state index < -0.39 is 35.2 Å². The summed E-state index contributed by atoms with van der Waals surface area (Å²) < 4.78 is 0. The van der Waals surface area contributed by atoms with Crippen LogP contribution in [0.1, 0.15) is 37.9 Å². The minimum absolute atomic E-state index is 0.108. The molecular formula is C24H22ClN3O3. The molecule has 0 aliphatic carbocycles. The molecule has 6 nitrogen and oxygen atoms in total. The highest BCUT2D eigenvalue weighted by atomic mass is 35.5. The third-order valence-electron chi connectivity index (χ3n) is 6.39. The number of carbonyl (C=O) groups excluding carboxylic acids is 3. The van der Waals surface area contributed by atoms with E-state index in [1.54, 1.807) is 35.5 Å². The molecule has 7 heteroatoms. The summed E-state index contributed by atoms with van der Waals surface area (Å²) in [5.74, 6) is -2.37. The highest BCUT2D eigenvalue weighted by molar-refractivity contribution is 6.36. The first-order valence-electron chi connectivity index (χ1n) is 10.3. The lowest BCUT2D eigenvalue weighted by atomic mass is 9.79. The van der Waals surface area contributed by atoms with Crippen molar-refractivity contribution >= 4 is 41.1 Å². The van der Waals surface area contributed by atoms with Crippen molar-refractivity contribution in [2.24, 2.45) is 22.4 Å². The van der Waals surface area contributed by atoms with Gasteiger partial charge in [-0.05, 0) is 23.3 Å². The fourth-order valence-corrected chi connectivity index (χ4v) is 5.20. The van der Waals surface area contributed by atoms with Gasteiger partial charge in [-0.15, -0.1) is 0 Å². The van der Waals surface area contributed by atoms with Gasteiger partial charge in [-0.3, -0.25) is 19.4 Å². The van der Waals surface area contributed by atoms with Gasteiger partial charge in [0.1, 0.15) is 6.04 Å². The predicted molar refractivity (Wildman–Crippen MR) is 118 cm³/mol. The third-order valence-corrected chi connectivity index (χ3v) is 6.71. The fraction of sp³-hybridized carbons (Fsp3) is 0.333. The molecule has 0 radical (unpaired) electrons. The lowest BCUT2D eigenvalue weighted by Gasteiger charge is -2.35. The second-order valence-electron chi connectivity index (χ2n) is 9.27. The van der Waals surface area contributed by atoms with Crippen LogP contribution in [0.5, 0.6) is 0 Å². The molecule has 0 bridgehead atoms. The molecule has 5 rings (SSSR count). The Labute approximate surface area is 185 Å². The number of carbonyl (C=O) groups is 3. The molecule has 2 aromatic rings.